The molecule has 1 rings (SSSR count). The normalized spacial score (nSPS) is 9.12. The van der Waals surface area contributed by atoms with Crippen molar-refractivity contribution in [2.45, 2.75) is 0 Å². The molecule has 0 amide bonds. The molecule has 94 valence electrons. The zero-order chi connectivity index (χ0) is 12.3. The number of anilines is 1. The summed E-state index contributed by atoms with van der Waals surface area (Å²) in [5.74, 6) is -0.255. The van der Waals surface area contributed by atoms with E-state index in [0.717, 1.165) is 0 Å². The first-order chi connectivity index (χ1) is 7.49. The smallest absolute Gasteiger partial charge is 0.199 e. The van der Waals surface area contributed by atoms with Crippen molar-refractivity contribution in [3.05, 3.63) is 28.2 Å². The van der Waals surface area contributed by atoms with Gasteiger partial charge in [0.2, 0.25) is 0 Å². The topological polar surface area (TPSA) is 65.1 Å². The van der Waals surface area contributed by atoms with Gasteiger partial charge >= 0.3 is 0 Å². The molecule has 0 atom stereocenters. The maximum absolute atomic E-state index is 7.48. The van der Waals surface area contributed by atoms with Crippen LogP contribution in [0.5, 0.6) is 0 Å². The van der Waals surface area contributed by atoms with E-state index in [1.807, 2.05) is 0 Å². The zero-order valence-electron chi connectivity index (χ0n) is 8.83. The summed E-state index contributed by atoms with van der Waals surface area (Å²) in [7, 11) is 1.63. The highest BCUT2D eigenvalue weighted by atomic mass is 35.5. The second kappa shape index (κ2) is 6.86. The summed E-state index contributed by atoms with van der Waals surface area (Å²) >= 11 is 17.0. The van der Waals surface area contributed by atoms with Crippen LogP contribution in [0, 0.1) is 5.41 Å². The van der Waals surface area contributed by atoms with Crippen molar-refractivity contribution in [1.29, 1.82) is 5.41 Å². The number of thiocarbonyl (C=S) groups is 1. The molecule has 0 aliphatic rings. The van der Waals surface area contributed by atoms with E-state index in [4.69, 9.17) is 46.6 Å². The van der Waals surface area contributed by atoms with Crippen LogP contribution < -0.4 is 16.0 Å². The summed E-state index contributed by atoms with van der Waals surface area (Å²) in [6, 6.07) is 5.00. The summed E-state index contributed by atoms with van der Waals surface area (Å²) in [6.45, 7) is 0. The molecule has 1 aromatic carbocycles. The lowest BCUT2D eigenvalue weighted by Crippen LogP contribution is -2.46. The fraction of sp³-hybridized carbons (Fsp3) is 0.111. The Morgan fingerprint density at radius 1 is 1.41 bits per heavy atom. The van der Waals surface area contributed by atoms with Crippen LogP contribution >= 0.6 is 47.8 Å². The number of hydrogen-bond donors (Lipinski definition) is 3. The maximum Gasteiger partial charge on any atom is 0.199 e. The Morgan fingerprint density at radius 2 is 1.88 bits per heavy atom. The molecular weight excluding hydrogens is 303 g/mol. The van der Waals surface area contributed by atoms with E-state index >= 15 is 0 Å². The van der Waals surface area contributed by atoms with Crippen molar-refractivity contribution in [2.24, 2.45) is 5.73 Å². The van der Waals surface area contributed by atoms with Gasteiger partial charge in [0.05, 0.1) is 15.7 Å². The second-order valence-electron chi connectivity index (χ2n) is 2.85. The van der Waals surface area contributed by atoms with Gasteiger partial charge in [-0.2, -0.15) is 0 Å². The molecule has 4 nitrogen and oxygen atoms in total. The quantitative estimate of drug-likeness (QED) is 0.424. The molecule has 0 saturated carbocycles. The molecule has 0 bridgehead atoms. The van der Waals surface area contributed by atoms with Gasteiger partial charge in [-0.1, -0.05) is 29.3 Å². The Bertz CT molecular complexity index is 418. The van der Waals surface area contributed by atoms with Gasteiger partial charge in [0.25, 0.3) is 0 Å². The highest BCUT2D eigenvalue weighted by molar-refractivity contribution is 7.80. The average Bonchev–Trinajstić information content (AvgIpc) is 2.22. The van der Waals surface area contributed by atoms with Gasteiger partial charge in [-0.3, -0.25) is 10.3 Å². The third-order valence-corrected chi connectivity index (χ3v) is 2.82. The number of para-hydroxylation sites is 1. The Balaban J connectivity index is 0.00000256. The molecule has 0 radical (unpaired) electrons. The van der Waals surface area contributed by atoms with E-state index in [9.17, 15) is 0 Å². The SMILES string of the molecule is CNC(=S)N(C(=N)N)c1c(Cl)cccc1Cl.Cl. The lowest BCUT2D eigenvalue weighted by Gasteiger charge is -2.24. The molecule has 0 spiro atoms. The number of nitrogens with zero attached hydrogens (tertiary/aromatic N) is 1. The number of rotatable bonds is 1. The van der Waals surface area contributed by atoms with Gasteiger partial charge < -0.3 is 11.1 Å². The Morgan fingerprint density at radius 3 is 2.24 bits per heavy atom. The minimum absolute atomic E-state index is 0. The molecule has 0 unspecified atom stereocenters. The Hall–Kier alpha value is -0.750. The fourth-order valence-electron chi connectivity index (χ4n) is 1.15. The number of nitrogens with two attached hydrogens (primary N) is 1. The molecule has 0 aliphatic heterocycles. The minimum Gasteiger partial charge on any atom is -0.369 e. The molecular formula is C9H11Cl3N4S. The van der Waals surface area contributed by atoms with Crippen molar-refractivity contribution >= 4 is 64.6 Å². The van der Waals surface area contributed by atoms with Crippen molar-refractivity contribution < 1.29 is 0 Å². The van der Waals surface area contributed by atoms with Gasteiger partial charge in [-0.15, -0.1) is 12.4 Å². The highest BCUT2D eigenvalue weighted by Crippen LogP contribution is 2.33. The molecule has 0 aromatic heterocycles. The van der Waals surface area contributed by atoms with Crippen LogP contribution in [-0.2, 0) is 0 Å². The van der Waals surface area contributed by atoms with Crippen LogP contribution in [0.3, 0.4) is 0 Å². The van der Waals surface area contributed by atoms with Crippen LogP contribution in [0.1, 0.15) is 0 Å². The van der Waals surface area contributed by atoms with Crippen molar-refractivity contribution in [3.8, 4) is 0 Å². The first-order valence-corrected chi connectivity index (χ1v) is 5.45. The predicted octanol–water partition coefficient (Wildman–Crippen LogP) is 2.62. The standard InChI is InChI=1S/C9H10Cl2N4S.ClH/c1-14-9(16)15(8(12)13)7-5(10)3-2-4-6(7)11;/h2-4H,1H3,(H3,12,13)(H,14,16);1H. The van der Waals surface area contributed by atoms with Crippen LogP contribution in [0.4, 0.5) is 5.69 Å². The number of halogens is 3. The Labute approximate surface area is 121 Å². The monoisotopic (exact) mass is 312 g/mol. The van der Waals surface area contributed by atoms with E-state index in [1.54, 1.807) is 25.2 Å². The molecule has 1 aromatic rings. The lowest BCUT2D eigenvalue weighted by atomic mass is 10.3. The number of hydrogen-bond acceptors (Lipinski definition) is 2. The second-order valence-corrected chi connectivity index (χ2v) is 4.05. The Kier molecular flexibility index (Phi) is 6.56. The van der Waals surface area contributed by atoms with Gasteiger partial charge in [-0.05, 0) is 24.4 Å². The van der Waals surface area contributed by atoms with Crippen LogP contribution in [0.25, 0.3) is 0 Å². The fourth-order valence-corrected chi connectivity index (χ4v) is 1.90. The van der Waals surface area contributed by atoms with E-state index in [0.29, 0.717) is 15.7 Å². The van der Waals surface area contributed by atoms with Crippen molar-refractivity contribution in [3.63, 3.8) is 0 Å². The van der Waals surface area contributed by atoms with Crippen molar-refractivity contribution in [2.75, 3.05) is 11.9 Å². The first kappa shape index (κ1) is 16.2. The minimum atomic E-state index is -0.255. The lowest BCUT2D eigenvalue weighted by molar-refractivity contribution is 1.14. The van der Waals surface area contributed by atoms with Gasteiger partial charge in [0, 0.05) is 7.05 Å². The highest BCUT2D eigenvalue weighted by Gasteiger charge is 2.19. The predicted molar refractivity (Wildman–Crippen MR) is 79.8 cm³/mol. The maximum atomic E-state index is 7.48. The molecule has 0 fully saturated rings. The summed E-state index contributed by atoms with van der Waals surface area (Å²) in [6.07, 6.45) is 0. The third kappa shape index (κ3) is 3.61. The summed E-state index contributed by atoms with van der Waals surface area (Å²) in [5, 5.41) is 11.2. The van der Waals surface area contributed by atoms with E-state index in [2.05, 4.69) is 5.32 Å². The van der Waals surface area contributed by atoms with E-state index < -0.39 is 0 Å². The van der Waals surface area contributed by atoms with Crippen molar-refractivity contribution in [1.82, 2.24) is 5.32 Å². The van der Waals surface area contributed by atoms with Gasteiger partial charge in [-0.25, -0.2) is 0 Å². The summed E-state index contributed by atoms with van der Waals surface area (Å²) in [4.78, 5) is 1.26. The number of benzene rings is 1. The third-order valence-electron chi connectivity index (χ3n) is 1.82. The molecule has 0 aliphatic carbocycles. The van der Waals surface area contributed by atoms with Gasteiger partial charge in [0.15, 0.2) is 11.1 Å². The molecule has 0 saturated heterocycles. The molecule has 17 heavy (non-hydrogen) atoms. The number of guanidine groups is 1. The zero-order valence-corrected chi connectivity index (χ0v) is 12.0. The van der Waals surface area contributed by atoms with E-state index in [1.165, 1.54) is 4.90 Å². The van der Waals surface area contributed by atoms with Gasteiger partial charge in [0.1, 0.15) is 0 Å². The summed E-state index contributed by atoms with van der Waals surface area (Å²) in [5.41, 5.74) is 5.85. The van der Waals surface area contributed by atoms with Crippen LogP contribution in [0.15, 0.2) is 18.2 Å². The summed E-state index contributed by atoms with van der Waals surface area (Å²) < 4.78 is 0. The number of nitrogens with one attached hydrogen (secondary N) is 2. The molecule has 8 heteroatoms. The average molecular weight is 314 g/mol. The van der Waals surface area contributed by atoms with E-state index in [-0.39, 0.29) is 23.5 Å². The molecule has 0 heterocycles. The largest absolute Gasteiger partial charge is 0.369 e. The van der Waals surface area contributed by atoms with Crippen LogP contribution in [0.2, 0.25) is 10.0 Å². The van der Waals surface area contributed by atoms with Crippen LogP contribution in [-0.4, -0.2) is 18.1 Å². The first-order valence-electron chi connectivity index (χ1n) is 4.29. The molecule has 4 N–H and O–H groups in total.